The van der Waals surface area contributed by atoms with E-state index in [1.807, 2.05) is 0 Å². The normalized spacial score (nSPS) is 14.0. The van der Waals surface area contributed by atoms with Crippen LogP contribution in [0.15, 0.2) is 158 Å². The van der Waals surface area contributed by atoms with Gasteiger partial charge in [-0.15, -0.1) is 0 Å². The van der Waals surface area contributed by atoms with E-state index < -0.39 is 0 Å². The number of hydrogen-bond acceptors (Lipinski definition) is 0. The standard InChI is InChI=1S/C45H26/c1-2-11-30-29(10-1)26-39-31-22-20-27(24-37(31)36-16-9-15-35(30)44(36)39)28-21-23-43-38(25-28)34-14-5-8-19-42(34)45(43)40-17-6-3-12-32(40)33-13-4-7-18-41(33)45/h1-26H. The molecular formula is C45H26. The summed E-state index contributed by atoms with van der Waals surface area (Å²) >= 11 is 0. The van der Waals surface area contributed by atoms with E-state index in [-0.39, 0.29) is 5.41 Å². The molecule has 0 radical (unpaired) electrons. The van der Waals surface area contributed by atoms with Crippen molar-refractivity contribution >= 4 is 21.5 Å². The van der Waals surface area contributed by atoms with Crippen molar-refractivity contribution in [1.82, 2.24) is 0 Å². The predicted octanol–water partition coefficient (Wildman–Crippen LogP) is 11.7. The number of hydrogen-bond donors (Lipinski definition) is 0. The van der Waals surface area contributed by atoms with Crippen LogP contribution in [0.2, 0.25) is 0 Å². The van der Waals surface area contributed by atoms with Crippen molar-refractivity contribution < 1.29 is 0 Å². The SMILES string of the molecule is c1ccc2c(c1)-c1ccccc1C21c2ccccc2-c2cc(-c3ccc4c(c3)-c3cccc5c3c-4cc3ccccc35)ccc21. The highest BCUT2D eigenvalue weighted by Gasteiger charge is 2.51. The Kier molecular flexibility index (Phi) is 4.35. The molecule has 206 valence electrons. The average Bonchev–Trinajstić information content (AvgIpc) is 3.70. The maximum atomic E-state index is 2.45. The molecule has 8 aromatic carbocycles. The van der Waals surface area contributed by atoms with Crippen molar-refractivity contribution in [2.45, 2.75) is 5.41 Å². The fourth-order valence-electron chi connectivity index (χ4n) is 9.06. The summed E-state index contributed by atoms with van der Waals surface area (Å²) in [6.45, 7) is 0. The van der Waals surface area contributed by atoms with Crippen LogP contribution in [-0.4, -0.2) is 0 Å². The maximum absolute atomic E-state index is 2.45. The first-order valence-corrected chi connectivity index (χ1v) is 15.9. The second kappa shape index (κ2) is 8.25. The van der Waals surface area contributed by atoms with Gasteiger partial charge in [-0.1, -0.05) is 140 Å². The Balaban J connectivity index is 1.13. The summed E-state index contributed by atoms with van der Waals surface area (Å²) in [4.78, 5) is 0. The maximum Gasteiger partial charge on any atom is 0.0725 e. The van der Waals surface area contributed by atoms with Crippen molar-refractivity contribution in [3.05, 3.63) is 180 Å². The topological polar surface area (TPSA) is 0 Å². The largest absolute Gasteiger partial charge is 0.0725 e. The average molecular weight is 567 g/mol. The van der Waals surface area contributed by atoms with Crippen LogP contribution >= 0.6 is 0 Å². The molecule has 0 fully saturated rings. The van der Waals surface area contributed by atoms with Gasteiger partial charge in [0.2, 0.25) is 0 Å². The molecule has 0 amide bonds. The summed E-state index contributed by atoms with van der Waals surface area (Å²) in [5.41, 5.74) is 18.5. The Morgan fingerprint density at radius 1 is 0.289 bits per heavy atom. The summed E-state index contributed by atoms with van der Waals surface area (Å²) in [6, 6.07) is 59.4. The number of rotatable bonds is 1. The van der Waals surface area contributed by atoms with Crippen LogP contribution in [0.4, 0.5) is 0 Å². The summed E-state index contributed by atoms with van der Waals surface area (Å²) in [5, 5.41) is 5.35. The third-order valence-corrected chi connectivity index (χ3v) is 10.8. The summed E-state index contributed by atoms with van der Waals surface area (Å²) in [7, 11) is 0. The smallest absolute Gasteiger partial charge is 0.0619 e. The van der Waals surface area contributed by atoms with Crippen LogP contribution in [0.25, 0.3) is 77.2 Å². The number of fused-ring (bicyclic) bond motifs is 15. The Bertz CT molecular complexity index is 2550. The third-order valence-electron chi connectivity index (χ3n) is 10.8. The number of benzene rings is 8. The van der Waals surface area contributed by atoms with E-state index >= 15 is 0 Å². The van der Waals surface area contributed by atoms with Gasteiger partial charge in [0.25, 0.3) is 0 Å². The molecule has 3 aliphatic rings. The Morgan fingerprint density at radius 3 is 1.56 bits per heavy atom. The van der Waals surface area contributed by atoms with Crippen molar-refractivity contribution in [2.75, 3.05) is 0 Å². The van der Waals surface area contributed by atoms with Crippen LogP contribution in [0.1, 0.15) is 22.3 Å². The van der Waals surface area contributed by atoms with Crippen molar-refractivity contribution in [3.8, 4) is 55.6 Å². The van der Waals surface area contributed by atoms with Gasteiger partial charge in [-0.25, -0.2) is 0 Å². The van der Waals surface area contributed by atoms with E-state index in [0.29, 0.717) is 0 Å². The molecule has 45 heavy (non-hydrogen) atoms. The lowest BCUT2D eigenvalue weighted by atomic mass is 9.70. The molecule has 0 aliphatic heterocycles. The first-order valence-electron chi connectivity index (χ1n) is 15.9. The van der Waals surface area contributed by atoms with Crippen LogP contribution in [0.5, 0.6) is 0 Å². The highest BCUT2D eigenvalue weighted by atomic mass is 14.5. The van der Waals surface area contributed by atoms with Crippen molar-refractivity contribution in [2.24, 2.45) is 0 Å². The van der Waals surface area contributed by atoms with E-state index in [9.17, 15) is 0 Å². The zero-order valence-corrected chi connectivity index (χ0v) is 24.5. The molecule has 8 aromatic rings. The molecule has 1 spiro atoms. The van der Waals surface area contributed by atoms with E-state index in [2.05, 4.69) is 158 Å². The molecule has 0 nitrogen and oxygen atoms in total. The summed E-state index contributed by atoms with van der Waals surface area (Å²) < 4.78 is 0. The van der Waals surface area contributed by atoms with Crippen molar-refractivity contribution in [1.29, 1.82) is 0 Å². The zero-order valence-electron chi connectivity index (χ0n) is 24.5. The lowest BCUT2D eigenvalue weighted by Crippen LogP contribution is -2.25. The monoisotopic (exact) mass is 566 g/mol. The van der Waals surface area contributed by atoms with Crippen LogP contribution in [0.3, 0.4) is 0 Å². The Hall–Kier alpha value is -5.72. The Morgan fingerprint density at radius 2 is 0.822 bits per heavy atom. The lowest BCUT2D eigenvalue weighted by molar-refractivity contribution is 0.794. The molecule has 0 heteroatoms. The molecule has 3 aliphatic carbocycles. The van der Waals surface area contributed by atoms with E-state index in [1.54, 1.807) is 0 Å². The molecular weight excluding hydrogens is 540 g/mol. The third kappa shape index (κ3) is 2.79. The van der Waals surface area contributed by atoms with Gasteiger partial charge >= 0.3 is 0 Å². The van der Waals surface area contributed by atoms with Gasteiger partial charge in [0.1, 0.15) is 0 Å². The lowest BCUT2D eigenvalue weighted by Gasteiger charge is -2.30. The fraction of sp³-hybridized carbons (Fsp3) is 0.0222. The van der Waals surface area contributed by atoms with Gasteiger partial charge in [0.05, 0.1) is 5.41 Å². The minimum absolute atomic E-state index is 0.297. The summed E-state index contributed by atoms with van der Waals surface area (Å²) in [5.74, 6) is 0. The van der Waals surface area contributed by atoms with E-state index in [4.69, 9.17) is 0 Å². The molecule has 0 atom stereocenters. The molecule has 0 bridgehead atoms. The van der Waals surface area contributed by atoms with Gasteiger partial charge in [0, 0.05) is 0 Å². The Labute approximate surface area is 261 Å². The van der Waals surface area contributed by atoms with Crippen LogP contribution in [0, 0.1) is 0 Å². The minimum Gasteiger partial charge on any atom is -0.0619 e. The molecule has 0 saturated carbocycles. The molecule has 0 unspecified atom stereocenters. The molecule has 0 heterocycles. The molecule has 0 N–H and O–H groups in total. The van der Waals surface area contributed by atoms with E-state index in [0.717, 1.165) is 0 Å². The second-order valence-corrected chi connectivity index (χ2v) is 12.8. The first-order chi connectivity index (χ1) is 22.3. The first kappa shape index (κ1) is 23.7. The van der Waals surface area contributed by atoms with Gasteiger partial charge in [-0.2, -0.15) is 0 Å². The van der Waals surface area contributed by atoms with Gasteiger partial charge in [-0.05, 0) is 118 Å². The van der Waals surface area contributed by atoms with Crippen LogP contribution < -0.4 is 0 Å². The molecule has 11 rings (SSSR count). The molecule has 0 saturated heterocycles. The highest BCUT2D eigenvalue weighted by molar-refractivity contribution is 6.23. The van der Waals surface area contributed by atoms with Crippen LogP contribution in [-0.2, 0) is 5.41 Å². The highest BCUT2D eigenvalue weighted by Crippen LogP contribution is 2.63. The quantitative estimate of drug-likeness (QED) is 0.173. The van der Waals surface area contributed by atoms with Gasteiger partial charge < -0.3 is 0 Å². The second-order valence-electron chi connectivity index (χ2n) is 12.8. The van der Waals surface area contributed by atoms with Gasteiger partial charge in [-0.3, -0.25) is 0 Å². The zero-order chi connectivity index (χ0) is 29.3. The fourth-order valence-corrected chi connectivity index (χ4v) is 9.06. The minimum atomic E-state index is -0.297. The van der Waals surface area contributed by atoms with Gasteiger partial charge in [0.15, 0.2) is 0 Å². The predicted molar refractivity (Wildman–Crippen MR) is 188 cm³/mol. The molecule has 0 aromatic heterocycles. The summed E-state index contributed by atoms with van der Waals surface area (Å²) in [6.07, 6.45) is 0. The van der Waals surface area contributed by atoms with Crippen molar-refractivity contribution in [3.63, 3.8) is 0 Å². The van der Waals surface area contributed by atoms with E-state index in [1.165, 1.54) is 99.4 Å².